The normalized spacial score (nSPS) is 21.1. The van der Waals surface area contributed by atoms with Crippen LogP contribution in [-0.2, 0) is 4.79 Å². The van der Waals surface area contributed by atoms with Crippen LogP contribution >= 0.6 is 0 Å². The third-order valence-corrected chi connectivity index (χ3v) is 2.40. The smallest absolute Gasteiger partial charge is 0.117 e. The number of nitrogens with one attached hydrogen (secondary N) is 1. The van der Waals surface area contributed by atoms with Gasteiger partial charge in [0.2, 0.25) is 0 Å². The first-order valence-corrected chi connectivity index (χ1v) is 4.48. The standard InChI is InChI=1S/C8H16N2O2/c1-2-9-3-5-10(6-4-9)7-8(11)12/h2-7H2,1H3,(H,11,12). The third-order valence-electron chi connectivity index (χ3n) is 2.40. The minimum Gasteiger partial charge on any atom is -0.544 e. The Morgan fingerprint density at radius 2 is 2.08 bits per heavy atom. The monoisotopic (exact) mass is 172 g/mol. The van der Waals surface area contributed by atoms with Gasteiger partial charge in [0.15, 0.2) is 0 Å². The lowest BCUT2D eigenvalue weighted by molar-refractivity contribution is -0.898. The van der Waals surface area contributed by atoms with Crippen LogP contribution in [0.4, 0.5) is 0 Å². The molecular formula is C8H16N2O2. The summed E-state index contributed by atoms with van der Waals surface area (Å²) in [7, 11) is 0. The summed E-state index contributed by atoms with van der Waals surface area (Å²) in [5.41, 5.74) is 0. The van der Waals surface area contributed by atoms with Crippen molar-refractivity contribution >= 4 is 5.97 Å². The number of likely N-dealkylation sites (N-methyl/N-ethyl adjacent to an activating group) is 1. The molecule has 0 spiro atoms. The molecule has 12 heavy (non-hydrogen) atoms. The van der Waals surface area contributed by atoms with Crippen LogP contribution in [0, 0.1) is 0 Å². The van der Waals surface area contributed by atoms with Crippen LogP contribution in [0.5, 0.6) is 0 Å². The molecule has 0 saturated carbocycles. The largest absolute Gasteiger partial charge is 0.544 e. The highest BCUT2D eigenvalue weighted by atomic mass is 16.4. The van der Waals surface area contributed by atoms with Crippen LogP contribution in [-0.4, -0.2) is 50.1 Å². The summed E-state index contributed by atoms with van der Waals surface area (Å²) in [6.45, 7) is 7.25. The molecule has 0 unspecified atom stereocenters. The van der Waals surface area contributed by atoms with Gasteiger partial charge in [0, 0.05) is 13.1 Å². The van der Waals surface area contributed by atoms with Crippen molar-refractivity contribution in [2.24, 2.45) is 0 Å². The van der Waals surface area contributed by atoms with E-state index < -0.39 is 5.97 Å². The Morgan fingerprint density at radius 1 is 1.50 bits per heavy atom. The van der Waals surface area contributed by atoms with E-state index in [-0.39, 0.29) is 6.54 Å². The van der Waals surface area contributed by atoms with Crippen molar-refractivity contribution in [2.75, 3.05) is 39.3 Å². The predicted octanol–water partition coefficient (Wildman–Crippen LogP) is -3.04. The van der Waals surface area contributed by atoms with Crippen molar-refractivity contribution in [1.29, 1.82) is 0 Å². The number of hydrogen-bond acceptors (Lipinski definition) is 3. The van der Waals surface area contributed by atoms with Crippen LogP contribution < -0.4 is 10.0 Å². The van der Waals surface area contributed by atoms with Gasteiger partial charge in [-0.15, -0.1) is 0 Å². The average molecular weight is 172 g/mol. The van der Waals surface area contributed by atoms with Crippen LogP contribution in [0.1, 0.15) is 6.92 Å². The fourth-order valence-corrected chi connectivity index (χ4v) is 1.57. The van der Waals surface area contributed by atoms with Gasteiger partial charge in [-0.2, -0.15) is 0 Å². The zero-order valence-electron chi connectivity index (χ0n) is 7.51. The van der Waals surface area contributed by atoms with Crippen molar-refractivity contribution in [3.8, 4) is 0 Å². The van der Waals surface area contributed by atoms with Gasteiger partial charge in [-0.3, -0.25) is 4.90 Å². The topological polar surface area (TPSA) is 47.8 Å². The van der Waals surface area contributed by atoms with E-state index in [0.29, 0.717) is 0 Å². The second-order valence-corrected chi connectivity index (χ2v) is 3.23. The summed E-state index contributed by atoms with van der Waals surface area (Å²) in [6, 6.07) is 0. The molecule has 0 amide bonds. The number of carboxylic acids is 1. The van der Waals surface area contributed by atoms with Crippen LogP contribution in [0.15, 0.2) is 0 Å². The van der Waals surface area contributed by atoms with Crippen molar-refractivity contribution in [3.05, 3.63) is 0 Å². The van der Waals surface area contributed by atoms with Gasteiger partial charge in [-0.1, -0.05) is 6.92 Å². The summed E-state index contributed by atoms with van der Waals surface area (Å²) in [4.78, 5) is 13.7. The molecule has 1 saturated heterocycles. The zero-order chi connectivity index (χ0) is 8.97. The van der Waals surface area contributed by atoms with Gasteiger partial charge in [0.05, 0.1) is 19.1 Å². The first-order chi connectivity index (χ1) is 5.72. The molecule has 0 radical (unpaired) electrons. The van der Waals surface area contributed by atoms with Gasteiger partial charge in [0.1, 0.15) is 6.54 Å². The Balaban J connectivity index is 2.21. The quantitative estimate of drug-likeness (QED) is 0.492. The predicted molar refractivity (Wildman–Crippen MR) is 42.7 cm³/mol. The Hall–Kier alpha value is -0.610. The maximum absolute atomic E-state index is 10.3. The van der Waals surface area contributed by atoms with E-state index in [1.54, 1.807) is 0 Å². The van der Waals surface area contributed by atoms with Crippen molar-refractivity contribution in [2.45, 2.75) is 6.92 Å². The lowest BCUT2D eigenvalue weighted by Gasteiger charge is -2.31. The third kappa shape index (κ3) is 2.79. The fourth-order valence-electron chi connectivity index (χ4n) is 1.57. The van der Waals surface area contributed by atoms with Crippen molar-refractivity contribution in [1.82, 2.24) is 4.90 Å². The summed E-state index contributed by atoms with van der Waals surface area (Å²) in [6.07, 6.45) is 0. The molecule has 0 bridgehead atoms. The van der Waals surface area contributed by atoms with Gasteiger partial charge in [0.25, 0.3) is 0 Å². The number of rotatable bonds is 3. The van der Waals surface area contributed by atoms with Gasteiger partial charge >= 0.3 is 0 Å². The van der Waals surface area contributed by atoms with E-state index in [9.17, 15) is 9.90 Å². The maximum atomic E-state index is 10.3. The lowest BCUT2D eigenvalue weighted by atomic mass is 10.3. The van der Waals surface area contributed by atoms with E-state index in [1.165, 1.54) is 0 Å². The van der Waals surface area contributed by atoms with E-state index >= 15 is 0 Å². The molecule has 1 aliphatic rings. The second kappa shape index (κ2) is 4.42. The molecule has 0 aromatic heterocycles. The Labute approximate surface area is 72.8 Å². The first kappa shape index (κ1) is 9.48. The lowest BCUT2D eigenvalue weighted by Crippen LogP contribution is -3.16. The highest BCUT2D eigenvalue weighted by molar-refractivity contribution is 5.65. The zero-order valence-corrected chi connectivity index (χ0v) is 7.51. The summed E-state index contributed by atoms with van der Waals surface area (Å²) >= 11 is 0. The highest BCUT2D eigenvalue weighted by Gasteiger charge is 2.17. The minimum absolute atomic E-state index is 0.164. The molecule has 4 heteroatoms. The summed E-state index contributed by atoms with van der Waals surface area (Å²) in [5.74, 6) is -0.935. The van der Waals surface area contributed by atoms with Crippen molar-refractivity contribution < 1.29 is 14.8 Å². The second-order valence-electron chi connectivity index (χ2n) is 3.23. The maximum Gasteiger partial charge on any atom is 0.117 e. The van der Waals surface area contributed by atoms with E-state index in [4.69, 9.17) is 0 Å². The molecule has 1 heterocycles. The molecule has 1 aliphatic heterocycles. The number of aliphatic carboxylic acids is 1. The first-order valence-electron chi connectivity index (χ1n) is 4.48. The molecular weight excluding hydrogens is 156 g/mol. The fraction of sp³-hybridized carbons (Fsp3) is 0.875. The molecule has 4 nitrogen and oxygen atoms in total. The molecule has 0 aromatic rings. The van der Waals surface area contributed by atoms with E-state index in [0.717, 1.165) is 37.6 Å². The highest BCUT2D eigenvalue weighted by Crippen LogP contribution is 1.86. The molecule has 1 N–H and O–H groups in total. The Morgan fingerprint density at radius 3 is 2.50 bits per heavy atom. The van der Waals surface area contributed by atoms with Gasteiger partial charge < -0.3 is 14.8 Å². The van der Waals surface area contributed by atoms with Gasteiger partial charge in [-0.05, 0) is 6.54 Å². The number of quaternary nitrogens is 1. The number of carbonyl (C=O) groups excluding carboxylic acids is 1. The number of nitrogens with zero attached hydrogens (tertiary/aromatic N) is 1. The summed E-state index contributed by atoms with van der Waals surface area (Å²) in [5, 5.41) is 10.3. The molecule has 0 aromatic carbocycles. The number of carbonyl (C=O) groups is 1. The Kier molecular flexibility index (Phi) is 3.49. The molecule has 0 atom stereocenters. The molecule has 0 aliphatic carbocycles. The van der Waals surface area contributed by atoms with Crippen LogP contribution in [0.25, 0.3) is 0 Å². The summed E-state index contributed by atoms with van der Waals surface area (Å²) < 4.78 is 0. The average Bonchev–Trinajstić information content (AvgIpc) is 2.05. The van der Waals surface area contributed by atoms with Gasteiger partial charge in [-0.25, -0.2) is 0 Å². The number of carboxylic acid groups (broad SMARTS) is 1. The molecule has 1 fully saturated rings. The number of piperazine rings is 1. The van der Waals surface area contributed by atoms with Crippen molar-refractivity contribution in [3.63, 3.8) is 0 Å². The van der Waals surface area contributed by atoms with E-state index in [2.05, 4.69) is 11.8 Å². The SMILES string of the molecule is CCN1CC[NH+](CC(=O)[O-])CC1. The minimum atomic E-state index is -0.935. The molecule has 70 valence electrons. The Bertz CT molecular complexity index is 153. The molecule has 1 rings (SSSR count). The number of hydrogen-bond donors (Lipinski definition) is 1. The van der Waals surface area contributed by atoms with Crippen LogP contribution in [0.2, 0.25) is 0 Å². The van der Waals surface area contributed by atoms with E-state index in [1.807, 2.05) is 0 Å². The van der Waals surface area contributed by atoms with Crippen LogP contribution in [0.3, 0.4) is 0 Å².